The van der Waals surface area contributed by atoms with Gasteiger partial charge in [0, 0.05) is 25.4 Å². The molecule has 2 fully saturated rings. The molecule has 2 aliphatic rings. The van der Waals surface area contributed by atoms with E-state index in [1.54, 1.807) is 0 Å². The number of nitrogens with zero attached hydrogens (tertiary/aromatic N) is 1. The van der Waals surface area contributed by atoms with Crippen molar-refractivity contribution in [3.05, 3.63) is 0 Å². The Morgan fingerprint density at radius 1 is 1.39 bits per heavy atom. The van der Waals surface area contributed by atoms with Crippen molar-refractivity contribution in [2.45, 2.75) is 59.3 Å². The molecule has 1 saturated carbocycles. The summed E-state index contributed by atoms with van der Waals surface area (Å²) in [6.45, 7) is 10.4. The maximum atomic E-state index is 12.1. The van der Waals surface area contributed by atoms with Gasteiger partial charge in [0.15, 0.2) is 0 Å². The van der Waals surface area contributed by atoms with Gasteiger partial charge in [-0.3, -0.25) is 4.79 Å². The molecule has 0 radical (unpaired) electrons. The quantitative estimate of drug-likeness (QED) is 0.765. The van der Waals surface area contributed by atoms with Crippen LogP contribution >= 0.6 is 0 Å². The second kappa shape index (κ2) is 5.73. The highest BCUT2D eigenvalue weighted by Gasteiger charge is 2.32. The van der Waals surface area contributed by atoms with Crippen molar-refractivity contribution >= 4 is 5.78 Å². The number of carbonyl (C=O) groups excluding carboxylic acids is 1. The van der Waals surface area contributed by atoms with Gasteiger partial charge in [0.25, 0.3) is 0 Å². The lowest BCUT2D eigenvalue weighted by Crippen LogP contribution is -2.44. The van der Waals surface area contributed by atoms with E-state index in [4.69, 9.17) is 0 Å². The fraction of sp³-hybridized carbons (Fsp3) is 0.938. The van der Waals surface area contributed by atoms with E-state index >= 15 is 0 Å². The number of carbonyl (C=O) groups is 1. The molecular weight excluding hydrogens is 222 g/mol. The molecule has 2 nitrogen and oxygen atoms in total. The molecule has 0 N–H and O–H groups in total. The highest BCUT2D eigenvalue weighted by molar-refractivity contribution is 5.81. The van der Waals surface area contributed by atoms with Crippen LogP contribution in [-0.4, -0.2) is 30.3 Å². The topological polar surface area (TPSA) is 20.3 Å². The maximum Gasteiger partial charge on any atom is 0.137 e. The Morgan fingerprint density at radius 3 is 2.83 bits per heavy atom. The molecule has 0 spiro atoms. The average Bonchev–Trinajstić information content (AvgIpc) is 2.31. The highest BCUT2D eigenvalue weighted by Crippen LogP contribution is 2.32. The van der Waals surface area contributed by atoms with Gasteiger partial charge in [-0.15, -0.1) is 0 Å². The zero-order chi connectivity index (χ0) is 13.2. The molecule has 1 saturated heterocycles. The third kappa shape index (κ3) is 3.57. The number of ketones is 1. The van der Waals surface area contributed by atoms with Crippen LogP contribution in [0.2, 0.25) is 0 Å². The summed E-state index contributed by atoms with van der Waals surface area (Å²) in [6, 6.07) is 0. The lowest BCUT2D eigenvalue weighted by Gasteiger charge is -2.40. The van der Waals surface area contributed by atoms with E-state index in [2.05, 4.69) is 25.7 Å². The molecule has 1 aliphatic heterocycles. The van der Waals surface area contributed by atoms with Gasteiger partial charge < -0.3 is 4.90 Å². The summed E-state index contributed by atoms with van der Waals surface area (Å²) in [5.41, 5.74) is 0.445. The molecular formula is C16H29NO. The normalized spacial score (nSPS) is 33.6. The largest absolute Gasteiger partial charge is 0.302 e. The number of Topliss-reactive ketones (excluding diaryl/α,β-unsaturated/α-hetero) is 1. The Morgan fingerprint density at radius 2 is 2.17 bits per heavy atom. The molecule has 1 aliphatic carbocycles. The lowest BCUT2D eigenvalue weighted by atomic mass is 9.78. The van der Waals surface area contributed by atoms with E-state index in [1.165, 1.54) is 32.4 Å². The third-order valence-electron chi connectivity index (χ3n) is 4.91. The van der Waals surface area contributed by atoms with Crippen molar-refractivity contribution in [3.8, 4) is 0 Å². The summed E-state index contributed by atoms with van der Waals surface area (Å²) in [6.07, 6.45) is 6.99. The monoisotopic (exact) mass is 251 g/mol. The number of hydrogen-bond acceptors (Lipinski definition) is 2. The van der Waals surface area contributed by atoms with Gasteiger partial charge in [-0.1, -0.05) is 27.2 Å². The Balaban J connectivity index is 1.89. The molecule has 2 heteroatoms. The first kappa shape index (κ1) is 14.0. The van der Waals surface area contributed by atoms with Crippen LogP contribution in [0, 0.1) is 17.3 Å². The molecule has 0 aromatic carbocycles. The first-order valence-electron chi connectivity index (χ1n) is 7.75. The smallest absolute Gasteiger partial charge is 0.137 e. The van der Waals surface area contributed by atoms with Gasteiger partial charge in [0.2, 0.25) is 0 Å². The van der Waals surface area contributed by atoms with Crippen LogP contribution in [0.3, 0.4) is 0 Å². The van der Waals surface area contributed by atoms with Crippen LogP contribution in [0.15, 0.2) is 0 Å². The number of rotatable bonds is 3. The van der Waals surface area contributed by atoms with Gasteiger partial charge in [-0.2, -0.15) is 0 Å². The first-order valence-corrected chi connectivity index (χ1v) is 7.75. The Hall–Kier alpha value is -0.370. The van der Waals surface area contributed by atoms with Gasteiger partial charge in [0.1, 0.15) is 5.78 Å². The summed E-state index contributed by atoms with van der Waals surface area (Å²) in [5.74, 6) is 1.66. The standard InChI is InChI=1S/C16H29NO/c1-4-13-6-7-15(18)14(10-13)11-17-9-5-8-16(2,3)12-17/h13-14H,4-12H2,1-3H3. The molecule has 104 valence electrons. The third-order valence-corrected chi connectivity index (χ3v) is 4.91. The minimum absolute atomic E-state index is 0.331. The number of hydrogen-bond donors (Lipinski definition) is 0. The van der Waals surface area contributed by atoms with Crippen LogP contribution in [0.5, 0.6) is 0 Å². The number of likely N-dealkylation sites (tertiary alicyclic amines) is 1. The number of piperidine rings is 1. The fourth-order valence-corrected chi connectivity index (χ4v) is 3.76. The molecule has 2 atom stereocenters. The predicted octanol–water partition coefficient (Wildman–Crippen LogP) is 3.50. The van der Waals surface area contributed by atoms with Crippen LogP contribution in [-0.2, 0) is 4.79 Å². The first-order chi connectivity index (χ1) is 8.50. The SMILES string of the molecule is CCC1CCC(=O)C(CN2CCCC(C)(C)C2)C1. The molecule has 0 aromatic heterocycles. The van der Waals surface area contributed by atoms with Crippen LogP contribution in [0.4, 0.5) is 0 Å². The summed E-state index contributed by atoms with van der Waals surface area (Å²) in [4.78, 5) is 14.6. The van der Waals surface area contributed by atoms with Crippen molar-refractivity contribution in [1.29, 1.82) is 0 Å². The van der Waals surface area contributed by atoms with Crippen LogP contribution in [0.1, 0.15) is 59.3 Å². The van der Waals surface area contributed by atoms with E-state index in [0.29, 0.717) is 17.1 Å². The van der Waals surface area contributed by atoms with Crippen molar-refractivity contribution < 1.29 is 4.79 Å². The molecule has 0 bridgehead atoms. The van der Waals surface area contributed by atoms with Gasteiger partial charge in [0.05, 0.1) is 0 Å². The van der Waals surface area contributed by atoms with E-state index < -0.39 is 0 Å². The van der Waals surface area contributed by atoms with E-state index in [1.807, 2.05) is 0 Å². The van der Waals surface area contributed by atoms with Crippen molar-refractivity contribution in [1.82, 2.24) is 4.90 Å². The average molecular weight is 251 g/mol. The summed E-state index contributed by atoms with van der Waals surface area (Å²) in [5, 5.41) is 0. The predicted molar refractivity (Wildman–Crippen MR) is 75.6 cm³/mol. The molecule has 2 unspecified atom stereocenters. The van der Waals surface area contributed by atoms with Crippen molar-refractivity contribution in [2.24, 2.45) is 17.3 Å². The summed E-state index contributed by atoms with van der Waals surface area (Å²) in [7, 11) is 0. The Kier molecular flexibility index (Phi) is 4.47. The Labute approximate surface area is 112 Å². The second-order valence-corrected chi connectivity index (χ2v) is 7.21. The Bertz CT molecular complexity index is 297. The maximum absolute atomic E-state index is 12.1. The van der Waals surface area contributed by atoms with E-state index in [9.17, 15) is 4.79 Å². The zero-order valence-electron chi connectivity index (χ0n) is 12.4. The van der Waals surface area contributed by atoms with Gasteiger partial charge in [-0.25, -0.2) is 0 Å². The summed E-state index contributed by atoms with van der Waals surface area (Å²) >= 11 is 0. The minimum atomic E-state index is 0.331. The van der Waals surface area contributed by atoms with Crippen molar-refractivity contribution in [3.63, 3.8) is 0 Å². The molecule has 1 heterocycles. The van der Waals surface area contributed by atoms with E-state index in [-0.39, 0.29) is 0 Å². The minimum Gasteiger partial charge on any atom is -0.302 e. The lowest BCUT2D eigenvalue weighted by molar-refractivity contribution is -0.126. The molecule has 18 heavy (non-hydrogen) atoms. The summed E-state index contributed by atoms with van der Waals surface area (Å²) < 4.78 is 0. The fourth-order valence-electron chi connectivity index (χ4n) is 3.76. The molecule has 0 aromatic rings. The zero-order valence-corrected chi connectivity index (χ0v) is 12.4. The van der Waals surface area contributed by atoms with Gasteiger partial charge >= 0.3 is 0 Å². The van der Waals surface area contributed by atoms with Crippen LogP contribution < -0.4 is 0 Å². The van der Waals surface area contributed by atoms with Crippen molar-refractivity contribution in [2.75, 3.05) is 19.6 Å². The van der Waals surface area contributed by atoms with E-state index in [0.717, 1.165) is 31.7 Å². The highest BCUT2D eigenvalue weighted by atomic mass is 16.1. The van der Waals surface area contributed by atoms with Gasteiger partial charge in [-0.05, 0) is 43.6 Å². The molecule has 0 amide bonds. The van der Waals surface area contributed by atoms with Crippen LogP contribution in [0.25, 0.3) is 0 Å². The second-order valence-electron chi connectivity index (χ2n) is 7.21. The molecule has 2 rings (SSSR count).